The van der Waals surface area contributed by atoms with Gasteiger partial charge in [-0.3, -0.25) is 9.78 Å². The average molecular weight is 298 g/mol. The van der Waals surface area contributed by atoms with Crippen LogP contribution in [-0.2, 0) is 0 Å². The maximum absolute atomic E-state index is 11.9. The number of halogens is 1. The van der Waals surface area contributed by atoms with Gasteiger partial charge in [-0.25, -0.2) is 4.79 Å². The number of hydrogen-bond donors (Lipinski definition) is 2. The molecule has 8 heteroatoms. The van der Waals surface area contributed by atoms with Crippen LogP contribution in [0, 0.1) is 6.92 Å². The van der Waals surface area contributed by atoms with Gasteiger partial charge in [-0.15, -0.1) is 0 Å². The molecule has 98 valence electrons. The monoisotopic (exact) mass is 297 g/mol. The third kappa shape index (κ3) is 2.88. The summed E-state index contributed by atoms with van der Waals surface area (Å²) >= 11 is 6.66. The summed E-state index contributed by atoms with van der Waals surface area (Å²) in [5, 5.41) is 12.1. The van der Waals surface area contributed by atoms with E-state index in [1.807, 2.05) is 0 Å². The molecule has 0 spiro atoms. The van der Waals surface area contributed by atoms with Crippen LogP contribution in [-0.4, -0.2) is 26.3 Å². The van der Waals surface area contributed by atoms with Crippen molar-refractivity contribution >= 4 is 40.0 Å². The SMILES string of the molecule is Cc1nsc(NC(=O)c2cc(Cl)ccn2)c1C(=O)O. The number of hydrogen-bond acceptors (Lipinski definition) is 5. The molecule has 2 N–H and O–H groups in total. The summed E-state index contributed by atoms with van der Waals surface area (Å²) < 4.78 is 3.90. The van der Waals surface area contributed by atoms with Crippen LogP contribution >= 0.6 is 23.1 Å². The second kappa shape index (κ2) is 5.33. The first kappa shape index (κ1) is 13.4. The minimum atomic E-state index is -1.14. The summed E-state index contributed by atoms with van der Waals surface area (Å²) in [7, 11) is 0. The Kier molecular flexibility index (Phi) is 3.77. The molecular formula is C11H8ClN3O3S. The van der Waals surface area contributed by atoms with E-state index in [0.717, 1.165) is 11.5 Å². The van der Waals surface area contributed by atoms with Gasteiger partial charge < -0.3 is 10.4 Å². The first-order valence-corrected chi connectivity index (χ1v) is 6.26. The highest BCUT2D eigenvalue weighted by Gasteiger charge is 2.20. The Morgan fingerprint density at radius 3 is 2.84 bits per heavy atom. The topological polar surface area (TPSA) is 92.2 Å². The molecule has 0 saturated heterocycles. The highest BCUT2D eigenvalue weighted by molar-refractivity contribution is 7.11. The summed E-state index contributed by atoms with van der Waals surface area (Å²) in [6, 6.07) is 2.93. The van der Waals surface area contributed by atoms with Crippen molar-refractivity contribution in [2.75, 3.05) is 5.32 Å². The fourth-order valence-corrected chi connectivity index (χ4v) is 2.35. The molecule has 0 unspecified atom stereocenters. The van der Waals surface area contributed by atoms with Gasteiger partial charge in [0.05, 0.1) is 5.69 Å². The number of aromatic nitrogens is 2. The first-order valence-electron chi connectivity index (χ1n) is 5.11. The third-order valence-corrected chi connectivity index (χ3v) is 3.35. The molecule has 0 atom stereocenters. The van der Waals surface area contributed by atoms with E-state index >= 15 is 0 Å². The lowest BCUT2D eigenvalue weighted by Gasteiger charge is -2.03. The zero-order valence-corrected chi connectivity index (χ0v) is 11.2. The molecule has 0 bridgehead atoms. The third-order valence-electron chi connectivity index (χ3n) is 2.26. The van der Waals surface area contributed by atoms with Crippen LogP contribution in [0.5, 0.6) is 0 Å². The standard InChI is InChI=1S/C11H8ClN3O3S/c1-5-8(11(17)18)10(19-15-5)14-9(16)7-4-6(12)2-3-13-7/h2-4H,1H3,(H,14,16)(H,17,18). The van der Waals surface area contributed by atoms with E-state index in [4.69, 9.17) is 16.7 Å². The summed E-state index contributed by atoms with van der Waals surface area (Å²) in [5.74, 6) is -1.67. The Hall–Kier alpha value is -1.99. The largest absolute Gasteiger partial charge is 0.478 e. The molecule has 0 aliphatic heterocycles. The zero-order chi connectivity index (χ0) is 14.0. The number of carboxylic acids is 1. The van der Waals surface area contributed by atoms with Gasteiger partial charge >= 0.3 is 5.97 Å². The fourth-order valence-electron chi connectivity index (χ4n) is 1.40. The highest BCUT2D eigenvalue weighted by atomic mass is 35.5. The molecule has 19 heavy (non-hydrogen) atoms. The van der Waals surface area contributed by atoms with Gasteiger partial charge in [-0.2, -0.15) is 4.37 Å². The number of aromatic carboxylic acids is 1. The molecule has 2 rings (SSSR count). The number of pyridine rings is 1. The molecule has 0 aliphatic rings. The molecule has 2 aromatic heterocycles. The molecule has 0 saturated carbocycles. The van der Waals surface area contributed by atoms with Gasteiger partial charge in [0.25, 0.3) is 5.91 Å². The lowest BCUT2D eigenvalue weighted by atomic mass is 10.2. The number of amides is 1. The molecule has 1 amide bonds. The second-order valence-electron chi connectivity index (χ2n) is 3.59. The van der Waals surface area contributed by atoms with Gasteiger partial charge in [0.1, 0.15) is 16.3 Å². The number of anilines is 1. The Balaban J connectivity index is 2.27. The van der Waals surface area contributed by atoms with Gasteiger partial charge in [0, 0.05) is 11.2 Å². The van der Waals surface area contributed by atoms with Crippen molar-refractivity contribution in [1.82, 2.24) is 9.36 Å². The maximum atomic E-state index is 11.9. The van der Waals surface area contributed by atoms with Crippen LogP contribution in [0.25, 0.3) is 0 Å². The molecule has 6 nitrogen and oxygen atoms in total. The van der Waals surface area contributed by atoms with Crippen molar-refractivity contribution < 1.29 is 14.7 Å². The Morgan fingerprint density at radius 2 is 2.21 bits per heavy atom. The van der Waals surface area contributed by atoms with Gasteiger partial charge in [0.15, 0.2) is 0 Å². The lowest BCUT2D eigenvalue weighted by molar-refractivity contribution is 0.0697. The van der Waals surface area contributed by atoms with Crippen molar-refractivity contribution in [3.8, 4) is 0 Å². The second-order valence-corrected chi connectivity index (χ2v) is 4.80. The summed E-state index contributed by atoms with van der Waals surface area (Å²) in [5.41, 5.74) is 0.446. The maximum Gasteiger partial charge on any atom is 0.340 e. The van der Waals surface area contributed by atoms with Crippen molar-refractivity contribution in [2.45, 2.75) is 6.92 Å². The van der Waals surface area contributed by atoms with Gasteiger partial charge in [-0.1, -0.05) is 11.6 Å². The van der Waals surface area contributed by atoms with Crippen LogP contribution in [0.1, 0.15) is 26.5 Å². The van der Waals surface area contributed by atoms with Crippen LogP contribution in [0.3, 0.4) is 0 Å². The van der Waals surface area contributed by atoms with Crippen molar-refractivity contribution in [1.29, 1.82) is 0 Å². The predicted octanol–water partition coefficient (Wildman–Crippen LogP) is 2.45. The molecule has 0 radical (unpaired) electrons. The van der Waals surface area contributed by atoms with Gasteiger partial charge in [0.2, 0.25) is 0 Å². The van der Waals surface area contributed by atoms with E-state index in [1.165, 1.54) is 18.3 Å². The minimum absolute atomic E-state index is 0.0135. The van der Waals surface area contributed by atoms with Crippen LogP contribution in [0.2, 0.25) is 5.02 Å². The number of carboxylic acid groups (broad SMARTS) is 1. The van der Waals surface area contributed by atoms with E-state index in [2.05, 4.69) is 14.7 Å². The summed E-state index contributed by atoms with van der Waals surface area (Å²) in [6.07, 6.45) is 1.40. The Bertz CT molecular complexity index is 656. The number of nitrogens with one attached hydrogen (secondary N) is 1. The number of carbonyl (C=O) groups excluding carboxylic acids is 1. The normalized spacial score (nSPS) is 10.2. The predicted molar refractivity (Wildman–Crippen MR) is 71.0 cm³/mol. The van der Waals surface area contributed by atoms with E-state index in [9.17, 15) is 9.59 Å². The van der Waals surface area contributed by atoms with Crippen molar-refractivity contribution in [2.24, 2.45) is 0 Å². The van der Waals surface area contributed by atoms with E-state index < -0.39 is 11.9 Å². The molecule has 0 aliphatic carbocycles. The molecule has 0 fully saturated rings. The first-order chi connectivity index (χ1) is 8.99. The number of nitrogens with zero attached hydrogens (tertiary/aromatic N) is 2. The van der Waals surface area contributed by atoms with Crippen LogP contribution < -0.4 is 5.32 Å². The van der Waals surface area contributed by atoms with Crippen LogP contribution in [0.15, 0.2) is 18.3 Å². The molecule has 0 aromatic carbocycles. The lowest BCUT2D eigenvalue weighted by Crippen LogP contribution is -2.14. The smallest absolute Gasteiger partial charge is 0.340 e. The highest BCUT2D eigenvalue weighted by Crippen LogP contribution is 2.25. The number of aryl methyl sites for hydroxylation is 1. The van der Waals surface area contributed by atoms with Crippen LogP contribution in [0.4, 0.5) is 5.00 Å². The summed E-state index contributed by atoms with van der Waals surface area (Å²) in [6.45, 7) is 1.56. The van der Waals surface area contributed by atoms with Crippen molar-refractivity contribution in [3.63, 3.8) is 0 Å². The molecule has 2 aromatic rings. The minimum Gasteiger partial charge on any atom is -0.478 e. The zero-order valence-electron chi connectivity index (χ0n) is 9.68. The Morgan fingerprint density at radius 1 is 1.47 bits per heavy atom. The summed E-state index contributed by atoms with van der Waals surface area (Å²) in [4.78, 5) is 26.8. The quantitative estimate of drug-likeness (QED) is 0.908. The molecule has 2 heterocycles. The molecular weight excluding hydrogens is 290 g/mol. The van der Waals surface area contributed by atoms with Gasteiger partial charge in [-0.05, 0) is 30.6 Å². The number of rotatable bonds is 3. The fraction of sp³-hybridized carbons (Fsp3) is 0.0909. The average Bonchev–Trinajstić information content (AvgIpc) is 2.70. The van der Waals surface area contributed by atoms with Crippen molar-refractivity contribution in [3.05, 3.63) is 40.3 Å². The number of carbonyl (C=O) groups is 2. The van der Waals surface area contributed by atoms with E-state index in [0.29, 0.717) is 10.7 Å². The van der Waals surface area contributed by atoms with E-state index in [-0.39, 0.29) is 16.3 Å². The van der Waals surface area contributed by atoms with E-state index in [1.54, 1.807) is 6.92 Å². The Labute approximate surface area is 117 Å².